The van der Waals surface area contributed by atoms with Gasteiger partial charge in [-0.1, -0.05) is 60.7 Å². The molecule has 0 radical (unpaired) electrons. The first-order valence-electron chi connectivity index (χ1n) is 9.56. The fraction of sp³-hybridized carbons (Fsp3) is 0.292. The molecule has 4 rings (SSSR count). The Balaban J connectivity index is 1.47. The predicted octanol–water partition coefficient (Wildman–Crippen LogP) is 5.19. The van der Waals surface area contributed by atoms with E-state index in [4.69, 9.17) is 4.74 Å². The predicted molar refractivity (Wildman–Crippen MR) is 109 cm³/mol. The Morgan fingerprint density at radius 2 is 1.78 bits per heavy atom. The van der Waals surface area contributed by atoms with Crippen molar-refractivity contribution < 1.29 is 9.53 Å². The van der Waals surface area contributed by atoms with Crippen LogP contribution in [0.1, 0.15) is 43.9 Å². The maximum absolute atomic E-state index is 12.7. The van der Waals surface area contributed by atoms with E-state index in [1.54, 1.807) is 0 Å². The van der Waals surface area contributed by atoms with Gasteiger partial charge in [-0.25, -0.2) is 0 Å². The highest BCUT2D eigenvalue weighted by molar-refractivity contribution is 5.86. The molecule has 1 amide bonds. The van der Waals surface area contributed by atoms with Crippen LogP contribution in [0.5, 0.6) is 5.75 Å². The van der Waals surface area contributed by atoms with Gasteiger partial charge in [0, 0.05) is 18.4 Å². The Kier molecular flexibility index (Phi) is 4.61. The summed E-state index contributed by atoms with van der Waals surface area (Å²) in [6.45, 7) is 4.14. The van der Waals surface area contributed by atoms with Crippen LogP contribution in [-0.2, 0) is 11.2 Å². The number of amides is 1. The van der Waals surface area contributed by atoms with Gasteiger partial charge in [-0.05, 0) is 42.7 Å². The number of hydrogen-bond donors (Lipinski definition) is 1. The normalized spacial score (nSPS) is 17.8. The number of carbonyl (C=O) groups is 1. The molecule has 1 unspecified atom stereocenters. The summed E-state index contributed by atoms with van der Waals surface area (Å²) in [7, 11) is 0. The molecule has 0 bridgehead atoms. The van der Waals surface area contributed by atoms with Crippen LogP contribution < -0.4 is 10.1 Å². The highest BCUT2D eigenvalue weighted by Gasteiger charge is 2.34. The fourth-order valence-electron chi connectivity index (χ4n) is 3.96. The molecule has 138 valence electrons. The summed E-state index contributed by atoms with van der Waals surface area (Å²) in [5, 5.41) is 5.68. The fourth-order valence-corrected chi connectivity index (χ4v) is 3.96. The first-order valence-corrected chi connectivity index (χ1v) is 9.56. The number of para-hydroxylation sites is 1. The molecule has 1 atom stereocenters. The lowest BCUT2D eigenvalue weighted by molar-refractivity contribution is -0.122. The van der Waals surface area contributed by atoms with E-state index >= 15 is 0 Å². The smallest absolute Gasteiger partial charge is 0.220 e. The number of hydrogen-bond acceptors (Lipinski definition) is 2. The topological polar surface area (TPSA) is 38.3 Å². The molecule has 1 aliphatic heterocycles. The van der Waals surface area contributed by atoms with Crippen LogP contribution in [0.15, 0.2) is 66.7 Å². The summed E-state index contributed by atoms with van der Waals surface area (Å²) >= 11 is 0. The second-order valence-electron chi connectivity index (χ2n) is 7.86. The van der Waals surface area contributed by atoms with Gasteiger partial charge in [0.1, 0.15) is 11.4 Å². The Labute approximate surface area is 160 Å². The molecule has 0 aromatic heterocycles. The highest BCUT2D eigenvalue weighted by Crippen LogP contribution is 2.39. The number of ether oxygens (including phenoxy) is 1. The number of benzene rings is 3. The van der Waals surface area contributed by atoms with Gasteiger partial charge in [0.15, 0.2) is 0 Å². The number of fused-ring (bicyclic) bond motifs is 2. The van der Waals surface area contributed by atoms with E-state index in [-0.39, 0.29) is 17.6 Å². The van der Waals surface area contributed by atoms with E-state index in [1.807, 2.05) is 36.4 Å². The molecule has 0 fully saturated rings. The van der Waals surface area contributed by atoms with Crippen molar-refractivity contribution in [3.05, 3.63) is 77.9 Å². The molecule has 1 aliphatic rings. The van der Waals surface area contributed by atoms with Gasteiger partial charge in [0.05, 0.1) is 6.04 Å². The highest BCUT2D eigenvalue weighted by atomic mass is 16.5. The van der Waals surface area contributed by atoms with Gasteiger partial charge in [-0.3, -0.25) is 4.79 Å². The van der Waals surface area contributed by atoms with E-state index in [0.29, 0.717) is 6.42 Å². The van der Waals surface area contributed by atoms with Crippen LogP contribution in [0.2, 0.25) is 0 Å². The van der Waals surface area contributed by atoms with Gasteiger partial charge < -0.3 is 10.1 Å². The lowest BCUT2D eigenvalue weighted by Gasteiger charge is -2.37. The summed E-state index contributed by atoms with van der Waals surface area (Å²) in [6, 6.07) is 22.6. The maximum Gasteiger partial charge on any atom is 0.220 e. The van der Waals surface area contributed by atoms with Gasteiger partial charge >= 0.3 is 0 Å². The Morgan fingerprint density at radius 3 is 2.67 bits per heavy atom. The molecule has 3 heteroatoms. The summed E-state index contributed by atoms with van der Waals surface area (Å²) in [6.07, 6.45) is 1.99. The molecule has 0 aliphatic carbocycles. The van der Waals surface area contributed by atoms with Gasteiger partial charge in [0.25, 0.3) is 0 Å². The molecule has 27 heavy (non-hydrogen) atoms. The van der Waals surface area contributed by atoms with E-state index in [9.17, 15) is 4.79 Å². The molecular weight excluding hydrogens is 334 g/mol. The van der Waals surface area contributed by atoms with Gasteiger partial charge in [-0.2, -0.15) is 0 Å². The zero-order valence-corrected chi connectivity index (χ0v) is 15.9. The first-order chi connectivity index (χ1) is 13.0. The maximum atomic E-state index is 12.7. The van der Waals surface area contributed by atoms with E-state index in [0.717, 1.165) is 24.2 Å². The molecular formula is C24H25NO2. The second-order valence-corrected chi connectivity index (χ2v) is 7.86. The van der Waals surface area contributed by atoms with E-state index < -0.39 is 0 Å². The Hall–Kier alpha value is -2.81. The SMILES string of the molecule is CC1(C)CC(NC(=O)CCc2cccc3ccccc23)c2ccccc2O1. The van der Waals surface area contributed by atoms with Gasteiger partial charge in [-0.15, -0.1) is 0 Å². The average molecular weight is 359 g/mol. The van der Waals surface area contributed by atoms with Crippen LogP contribution in [0.3, 0.4) is 0 Å². The Bertz CT molecular complexity index is 972. The molecule has 1 N–H and O–H groups in total. The lowest BCUT2D eigenvalue weighted by atomic mass is 9.89. The summed E-state index contributed by atoms with van der Waals surface area (Å²) < 4.78 is 6.06. The third-order valence-corrected chi connectivity index (χ3v) is 5.21. The molecule has 3 nitrogen and oxygen atoms in total. The van der Waals surface area contributed by atoms with Crippen molar-refractivity contribution in [3.8, 4) is 5.75 Å². The average Bonchev–Trinajstić information content (AvgIpc) is 2.65. The second kappa shape index (κ2) is 7.07. The first kappa shape index (κ1) is 17.6. The number of rotatable bonds is 4. The zero-order chi connectivity index (χ0) is 18.9. The molecule has 0 spiro atoms. The van der Waals surface area contributed by atoms with E-state index in [1.165, 1.54) is 16.3 Å². The van der Waals surface area contributed by atoms with Crippen LogP contribution in [0.25, 0.3) is 10.8 Å². The minimum atomic E-state index is -0.290. The largest absolute Gasteiger partial charge is 0.487 e. The van der Waals surface area contributed by atoms with Crippen LogP contribution in [0, 0.1) is 0 Å². The monoisotopic (exact) mass is 359 g/mol. The minimum absolute atomic E-state index is 0.00929. The van der Waals surface area contributed by atoms with Crippen molar-refractivity contribution >= 4 is 16.7 Å². The van der Waals surface area contributed by atoms with Crippen molar-refractivity contribution in [2.24, 2.45) is 0 Å². The van der Waals surface area contributed by atoms with Crippen molar-refractivity contribution in [1.29, 1.82) is 0 Å². The van der Waals surface area contributed by atoms with Gasteiger partial charge in [0.2, 0.25) is 5.91 Å². The minimum Gasteiger partial charge on any atom is -0.487 e. The van der Waals surface area contributed by atoms with Crippen molar-refractivity contribution in [3.63, 3.8) is 0 Å². The number of carbonyl (C=O) groups excluding carboxylic acids is 1. The van der Waals surface area contributed by atoms with Crippen molar-refractivity contribution in [1.82, 2.24) is 5.32 Å². The molecule has 0 saturated heterocycles. The van der Waals surface area contributed by atoms with Crippen molar-refractivity contribution in [2.75, 3.05) is 0 Å². The van der Waals surface area contributed by atoms with Crippen molar-refractivity contribution in [2.45, 2.75) is 44.8 Å². The lowest BCUT2D eigenvalue weighted by Crippen LogP contribution is -2.41. The molecule has 0 saturated carbocycles. The molecule has 3 aromatic carbocycles. The third kappa shape index (κ3) is 3.82. The quantitative estimate of drug-likeness (QED) is 0.696. The van der Waals surface area contributed by atoms with Crippen LogP contribution in [-0.4, -0.2) is 11.5 Å². The third-order valence-electron chi connectivity index (χ3n) is 5.21. The number of aryl methyl sites for hydroxylation is 1. The Morgan fingerprint density at radius 1 is 1.04 bits per heavy atom. The standard InChI is InChI=1S/C24H25NO2/c1-24(2)16-21(20-12-5-6-13-22(20)27-24)25-23(26)15-14-18-10-7-9-17-8-3-4-11-19(17)18/h3-13,21H,14-16H2,1-2H3,(H,25,26). The molecule has 3 aromatic rings. The van der Waals surface area contributed by atoms with Crippen LogP contribution >= 0.6 is 0 Å². The summed E-state index contributed by atoms with van der Waals surface area (Å²) in [5.74, 6) is 0.952. The van der Waals surface area contributed by atoms with E-state index in [2.05, 4.69) is 49.5 Å². The molecule has 1 heterocycles. The zero-order valence-electron chi connectivity index (χ0n) is 15.9. The van der Waals surface area contributed by atoms with Crippen LogP contribution in [0.4, 0.5) is 0 Å². The summed E-state index contributed by atoms with van der Waals surface area (Å²) in [4.78, 5) is 12.7. The number of nitrogens with one attached hydrogen (secondary N) is 1. The summed E-state index contributed by atoms with van der Waals surface area (Å²) in [5.41, 5.74) is 1.99.